The Bertz CT molecular complexity index is 121. The third kappa shape index (κ3) is 6.81. The van der Waals surface area contributed by atoms with E-state index in [2.05, 4.69) is 48.0 Å². The van der Waals surface area contributed by atoms with Crippen molar-refractivity contribution in [2.75, 3.05) is 30.9 Å². The number of halogens is 1. The number of rotatable bonds is 7. The molecule has 0 saturated heterocycles. The van der Waals surface area contributed by atoms with Gasteiger partial charge in [-0.2, -0.15) is 11.8 Å². The minimum absolute atomic E-state index is 0.717. The lowest BCUT2D eigenvalue weighted by Crippen LogP contribution is -2.33. The first kappa shape index (κ1) is 13.8. The van der Waals surface area contributed by atoms with E-state index in [9.17, 15) is 0 Å². The maximum atomic E-state index is 3.51. The first-order valence-corrected chi connectivity index (χ1v) is 7.38. The maximum Gasteiger partial charge on any atom is 0.00718 e. The van der Waals surface area contributed by atoms with E-state index in [0.717, 1.165) is 11.2 Å². The molecule has 2 atom stereocenters. The third-order valence-electron chi connectivity index (χ3n) is 2.36. The molecule has 80 valence electrons. The van der Waals surface area contributed by atoms with Gasteiger partial charge in [0.2, 0.25) is 0 Å². The molecule has 0 saturated carbocycles. The molecule has 0 N–H and O–H groups in total. The average Bonchev–Trinajstić information content (AvgIpc) is 2.13. The Kier molecular flexibility index (Phi) is 8.62. The molecule has 13 heavy (non-hydrogen) atoms. The van der Waals surface area contributed by atoms with Gasteiger partial charge < -0.3 is 4.90 Å². The minimum atomic E-state index is 0.717. The predicted molar refractivity (Wildman–Crippen MR) is 68.0 cm³/mol. The number of thioether (sulfide) groups is 1. The number of nitrogens with zero attached hydrogens (tertiary/aromatic N) is 1. The van der Waals surface area contributed by atoms with Crippen LogP contribution in [-0.4, -0.2) is 41.9 Å². The summed E-state index contributed by atoms with van der Waals surface area (Å²) in [5.41, 5.74) is 0. The van der Waals surface area contributed by atoms with Crippen molar-refractivity contribution < 1.29 is 0 Å². The molecule has 2 unspecified atom stereocenters. The minimum Gasteiger partial charge on any atom is -0.303 e. The zero-order valence-corrected chi connectivity index (χ0v) is 11.6. The van der Waals surface area contributed by atoms with E-state index in [0.29, 0.717) is 6.04 Å². The summed E-state index contributed by atoms with van der Waals surface area (Å²) in [6.45, 7) is 5.80. The van der Waals surface area contributed by atoms with Crippen LogP contribution in [0.3, 0.4) is 0 Å². The Morgan fingerprint density at radius 1 is 1.38 bits per heavy atom. The summed E-state index contributed by atoms with van der Waals surface area (Å²) in [4.78, 5) is 2.46. The van der Waals surface area contributed by atoms with Crippen molar-refractivity contribution in [2.24, 2.45) is 5.92 Å². The number of alkyl halides is 1. The summed E-state index contributed by atoms with van der Waals surface area (Å²) < 4.78 is 0. The first-order valence-electron chi connectivity index (χ1n) is 4.87. The molecule has 0 fully saturated rings. The summed E-state index contributed by atoms with van der Waals surface area (Å²) in [6, 6.07) is 0.717. The van der Waals surface area contributed by atoms with Gasteiger partial charge in [-0.25, -0.2) is 0 Å². The van der Waals surface area contributed by atoms with Crippen molar-refractivity contribution in [3.05, 3.63) is 0 Å². The van der Waals surface area contributed by atoms with E-state index < -0.39 is 0 Å². The fourth-order valence-electron chi connectivity index (χ4n) is 1.23. The molecule has 0 heterocycles. The van der Waals surface area contributed by atoms with Crippen molar-refractivity contribution in [1.82, 2.24) is 4.90 Å². The monoisotopic (exact) mass is 267 g/mol. The Hall–Kier alpha value is 0.790. The molecule has 0 spiro atoms. The summed E-state index contributed by atoms with van der Waals surface area (Å²) in [5, 5.41) is 1.10. The Labute approximate surface area is 95.8 Å². The van der Waals surface area contributed by atoms with E-state index in [4.69, 9.17) is 0 Å². The Morgan fingerprint density at radius 3 is 2.46 bits per heavy atom. The molecule has 0 aliphatic carbocycles. The summed E-state index contributed by atoms with van der Waals surface area (Å²) in [5.74, 6) is 2.02. The van der Waals surface area contributed by atoms with Gasteiger partial charge in [-0.05, 0) is 38.3 Å². The topological polar surface area (TPSA) is 3.24 Å². The number of hydrogen-bond donors (Lipinski definition) is 0. The fraction of sp³-hybridized carbons (Fsp3) is 1.00. The highest BCUT2D eigenvalue weighted by Gasteiger charge is 2.11. The van der Waals surface area contributed by atoms with E-state index in [1.54, 1.807) is 0 Å². The smallest absolute Gasteiger partial charge is 0.00718 e. The highest BCUT2D eigenvalue weighted by atomic mass is 79.9. The molecule has 0 rings (SSSR count). The lowest BCUT2D eigenvalue weighted by atomic mass is 10.1. The third-order valence-corrected chi connectivity index (χ3v) is 4.10. The molecule has 0 aromatic carbocycles. The zero-order chi connectivity index (χ0) is 10.3. The van der Waals surface area contributed by atoms with Gasteiger partial charge in [0.1, 0.15) is 0 Å². The van der Waals surface area contributed by atoms with Crippen LogP contribution in [0.15, 0.2) is 0 Å². The largest absolute Gasteiger partial charge is 0.303 e. The fourth-order valence-corrected chi connectivity index (χ4v) is 2.01. The van der Waals surface area contributed by atoms with E-state index >= 15 is 0 Å². The quantitative estimate of drug-likeness (QED) is 0.653. The van der Waals surface area contributed by atoms with Crippen LogP contribution in [0.2, 0.25) is 0 Å². The molecule has 1 nitrogen and oxygen atoms in total. The van der Waals surface area contributed by atoms with Crippen LogP contribution in [0, 0.1) is 5.92 Å². The molecular weight excluding hydrogens is 246 g/mol. The van der Waals surface area contributed by atoms with Crippen molar-refractivity contribution in [3.8, 4) is 0 Å². The molecule has 0 bridgehead atoms. The Balaban J connectivity index is 3.61. The Morgan fingerprint density at radius 2 is 2.00 bits per heavy atom. The molecule has 0 aromatic heterocycles. The highest BCUT2D eigenvalue weighted by molar-refractivity contribution is 9.09. The van der Waals surface area contributed by atoms with Gasteiger partial charge in [0.25, 0.3) is 0 Å². The summed E-state index contributed by atoms with van der Waals surface area (Å²) >= 11 is 5.45. The lowest BCUT2D eigenvalue weighted by Gasteiger charge is -2.26. The maximum absolute atomic E-state index is 3.51. The van der Waals surface area contributed by atoms with Gasteiger partial charge in [0.15, 0.2) is 0 Å². The highest BCUT2D eigenvalue weighted by Crippen LogP contribution is 2.09. The molecule has 0 aromatic rings. The van der Waals surface area contributed by atoms with Crippen LogP contribution in [0.1, 0.15) is 20.3 Å². The lowest BCUT2D eigenvalue weighted by molar-refractivity contribution is 0.228. The van der Waals surface area contributed by atoms with Gasteiger partial charge in [-0.15, -0.1) is 0 Å². The standard InChI is InChI=1S/C10H22BrNS/c1-9(7-11)8-12(3)10(2)5-6-13-4/h9-10H,5-8H2,1-4H3. The molecule has 3 heteroatoms. The van der Waals surface area contributed by atoms with E-state index in [1.807, 2.05) is 11.8 Å². The van der Waals surface area contributed by atoms with Crippen molar-refractivity contribution in [2.45, 2.75) is 26.3 Å². The molecule has 0 aliphatic rings. The molecule has 0 amide bonds. The van der Waals surface area contributed by atoms with E-state index in [1.165, 1.54) is 18.7 Å². The predicted octanol–water partition coefficient (Wildman–Crippen LogP) is 3.09. The molecular formula is C10H22BrNS. The first-order chi connectivity index (χ1) is 6.11. The van der Waals surface area contributed by atoms with Crippen molar-refractivity contribution in [1.29, 1.82) is 0 Å². The van der Waals surface area contributed by atoms with Crippen LogP contribution in [0.5, 0.6) is 0 Å². The normalized spacial score (nSPS) is 16.2. The van der Waals surface area contributed by atoms with Crippen LogP contribution >= 0.6 is 27.7 Å². The van der Waals surface area contributed by atoms with Crippen LogP contribution in [0.25, 0.3) is 0 Å². The summed E-state index contributed by atoms with van der Waals surface area (Å²) in [6.07, 6.45) is 3.47. The molecule has 0 aliphatic heterocycles. The van der Waals surface area contributed by atoms with Gasteiger partial charge >= 0.3 is 0 Å². The van der Waals surface area contributed by atoms with Crippen molar-refractivity contribution in [3.63, 3.8) is 0 Å². The zero-order valence-electron chi connectivity index (χ0n) is 9.22. The second-order valence-corrected chi connectivity index (χ2v) is 5.46. The van der Waals surface area contributed by atoms with Gasteiger partial charge in [0.05, 0.1) is 0 Å². The molecule has 0 radical (unpaired) electrons. The van der Waals surface area contributed by atoms with E-state index in [-0.39, 0.29) is 0 Å². The second kappa shape index (κ2) is 8.13. The van der Waals surface area contributed by atoms with Crippen LogP contribution in [-0.2, 0) is 0 Å². The average molecular weight is 268 g/mol. The van der Waals surface area contributed by atoms with Crippen LogP contribution < -0.4 is 0 Å². The second-order valence-electron chi connectivity index (χ2n) is 3.83. The SMILES string of the molecule is CSCCC(C)N(C)CC(C)CBr. The van der Waals surface area contributed by atoms with Gasteiger partial charge in [0, 0.05) is 17.9 Å². The summed E-state index contributed by atoms with van der Waals surface area (Å²) in [7, 11) is 2.23. The number of hydrogen-bond acceptors (Lipinski definition) is 2. The van der Waals surface area contributed by atoms with Gasteiger partial charge in [-0.3, -0.25) is 0 Å². The van der Waals surface area contributed by atoms with Crippen LogP contribution in [0.4, 0.5) is 0 Å². The van der Waals surface area contributed by atoms with Crippen molar-refractivity contribution >= 4 is 27.7 Å². The van der Waals surface area contributed by atoms with Gasteiger partial charge in [-0.1, -0.05) is 22.9 Å².